The molecule has 29 heavy (non-hydrogen) atoms. The van der Waals surface area contributed by atoms with Crippen molar-refractivity contribution in [2.24, 2.45) is 0 Å². The summed E-state index contributed by atoms with van der Waals surface area (Å²) in [5.74, 6) is -0.582. The third kappa shape index (κ3) is 6.99. The maximum Gasteiger partial charge on any atom is 0.416 e. The van der Waals surface area contributed by atoms with Crippen LogP contribution in [0.3, 0.4) is 0 Å². The summed E-state index contributed by atoms with van der Waals surface area (Å²) in [5.41, 5.74) is 0.142. The highest BCUT2D eigenvalue weighted by Gasteiger charge is 2.30. The Morgan fingerprint density at radius 1 is 1.14 bits per heavy atom. The van der Waals surface area contributed by atoms with Gasteiger partial charge in [-0.15, -0.1) is 0 Å². The number of methoxy groups -OCH3 is 1. The average molecular weight is 407 g/mol. The molecule has 2 aromatic rings. The molecule has 0 spiro atoms. The van der Waals surface area contributed by atoms with Gasteiger partial charge in [0.05, 0.1) is 12.7 Å². The van der Waals surface area contributed by atoms with Gasteiger partial charge in [0.1, 0.15) is 18.4 Å². The molecular formula is C21H20F3NO4. The Bertz CT molecular complexity index is 876. The maximum atomic E-state index is 12.7. The summed E-state index contributed by atoms with van der Waals surface area (Å²) in [6.07, 6.45) is -1.65. The van der Waals surface area contributed by atoms with Gasteiger partial charge in [-0.2, -0.15) is 13.2 Å². The summed E-state index contributed by atoms with van der Waals surface area (Å²) >= 11 is 0. The summed E-state index contributed by atoms with van der Waals surface area (Å²) < 4.78 is 48.1. The molecule has 1 atom stereocenters. The summed E-state index contributed by atoms with van der Waals surface area (Å²) in [6.45, 7) is 1.10. The van der Waals surface area contributed by atoms with Crippen LogP contribution in [0.4, 0.5) is 13.2 Å². The van der Waals surface area contributed by atoms with E-state index in [-0.39, 0.29) is 12.2 Å². The highest BCUT2D eigenvalue weighted by molar-refractivity contribution is 5.94. The molecule has 2 rings (SSSR count). The maximum absolute atomic E-state index is 12.7. The largest absolute Gasteiger partial charge is 0.497 e. The Morgan fingerprint density at radius 3 is 2.45 bits per heavy atom. The van der Waals surface area contributed by atoms with Crippen molar-refractivity contribution in [3.63, 3.8) is 0 Å². The van der Waals surface area contributed by atoms with E-state index >= 15 is 0 Å². The SMILES string of the molecule is COc1ccc(/C=C/C(=O)N[C@@H](C)C(=O)OCc2cccc(C(F)(F)F)c2)cc1. The van der Waals surface area contributed by atoms with Crippen LogP contribution in [0.15, 0.2) is 54.6 Å². The minimum Gasteiger partial charge on any atom is -0.497 e. The number of halogens is 3. The first-order valence-corrected chi connectivity index (χ1v) is 8.64. The summed E-state index contributed by atoms with van der Waals surface area (Å²) in [4.78, 5) is 23.9. The van der Waals surface area contributed by atoms with Gasteiger partial charge in [0.25, 0.3) is 0 Å². The minimum absolute atomic E-state index is 0.200. The van der Waals surface area contributed by atoms with E-state index in [1.807, 2.05) is 0 Å². The minimum atomic E-state index is -4.47. The van der Waals surface area contributed by atoms with Crippen molar-refractivity contribution in [1.82, 2.24) is 5.32 Å². The van der Waals surface area contributed by atoms with Crippen LogP contribution in [0, 0.1) is 0 Å². The monoisotopic (exact) mass is 407 g/mol. The third-order valence-corrected chi connectivity index (χ3v) is 3.89. The standard InChI is InChI=1S/C21H20F3NO4/c1-14(25-19(26)11-8-15-6-9-18(28-2)10-7-15)20(27)29-13-16-4-3-5-17(12-16)21(22,23)24/h3-12,14H,13H2,1-2H3,(H,25,26)/b11-8+/t14-/m0/s1. The lowest BCUT2D eigenvalue weighted by Crippen LogP contribution is -2.38. The van der Waals surface area contributed by atoms with Gasteiger partial charge >= 0.3 is 12.1 Å². The van der Waals surface area contributed by atoms with Crippen molar-refractivity contribution in [2.45, 2.75) is 25.7 Å². The molecule has 8 heteroatoms. The van der Waals surface area contributed by atoms with Gasteiger partial charge in [-0.05, 0) is 48.4 Å². The molecule has 0 unspecified atom stereocenters. The van der Waals surface area contributed by atoms with Gasteiger partial charge in [-0.25, -0.2) is 4.79 Å². The lowest BCUT2D eigenvalue weighted by Gasteiger charge is -2.13. The first kappa shape index (κ1) is 22.0. The van der Waals surface area contributed by atoms with Crippen LogP contribution in [0.5, 0.6) is 5.75 Å². The van der Waals surface area contributed by atoms with Crippen LogP contribution < -0.4 is 10.1 Å². The number of hydrogen-bond donors (Lipinski definition) is 1. The zero-order valence-corrected chi connectivity index (χ0v) is 15.8. The second-order valence-corrected chi connectivity index (χ2v) is 6.14. The zero-order chi connectivity index (χ0) is 21.4. The van der Waals surface area contributed by atoms with Gasteiger partial charge in [0, 0.05) is 6.08 Å². The molecule has 0 bridgehead atoms. The number of nitrogens with one attached hydrogen (secondary N) is 1. The Morgan fingerprint density at radius 2 is 1.83 bits per heavy atom. The molecule has 0 fully saturated rings. The zero-order valence-electron chi connectivity index (χ0n) is 15.8. The fourth-order valence-corrected chi connectivity index (χ4v) is 2.32. The number of benzene rings is 2. The van der Waals surface area contributed by atoms with Crippen LogP contribution in [-0.2, 0) is 27.1 Å². The molecule has 154 valence electrons. The quantitative estimate of drug-likeness (QED) is 0.557. The first-order chi connectivity index (χ1) is 13.7. The van der Waals surface area contributed by atoms with Crippen molar-refractivity contribution in [2.75, 3.05) is 7.11 Å². The number of rotatable bonds is 7. The van der Waals surface area contributed by atoms with E-state index in [1.165, 1.54) is 25.1 Å². The highest BCUT2D eigenvalue weighted by atomic mass is 19.4. The smallest absolute Gasteiger partial charge is 0.416 e. The number of carbonyl (C=O) groups is 2. The van der Waals surface area contributed by atoms with E-state index in [0.29, 0.717) is 5.75 Å². The number of ether oxygens (including phenoxy) is 2. The van der Waals surface area contributed by atoms with Crippen molar-refractivity contribution in [3.05, 3.63) is 71.3 Å². The topological polar surface area (TPSA) is 64.6 Å². The molecule has 0 aliphatic carbocycles. The van der Waals surface area contributed by atoms with Crippen LogP contribution >= 0.6 is 0 Å². The van der Waals surface area contributed by atoms with Crippen LogP contribution in [0.25, 0.3) is 6.08 Å². The molecular weight excluding hydrogens is 387 g/mol. The highest BCUT2D eigenvalue weighted by Crippen LogP contribution is 2.29. The number of carbonyl (C=O) groups excluding carboxylic acids is 2. The summed E-state index contributed by atoms with van der Waals surface area (Å²) in [5, 5.41) is 2.44. The molecule has 5 nitrogen and oxygen atoms in total. The fourth-order valence-electron chi connectivity index (χ4n) is 2.32. The Labute approximate surface area is 166 Å². The lowest BCUT2D eigenvalue weighted by molar-refractivity contribution is -0.148. The Kier molecular flexibility index (Phi) is 7.41. The van der Waals surface area contributed by atoms with Crippen molar-refractivity contribution >= 4 is 18.0 Å². The second kappa shape index (κ2) is 9.77. The Hall–Kier alpha value is -3.29. The van der Waals surface area contributed by atoms with Crippen LogP contribution in [0.2, 0.25) is 0 Å². The summed E-state index contributed by atoms with van der Waals surface area (Å²) in [7, 11) is 1.55. The first-order valence-electron chi connectivity index (χ1n) is 8.64. The molecule has 1 amide bonds. The molecule has 0 saturated heterocycles. The van der Waals surface area contributed by atoms with E-state index in [1.54, 1.807) is 37.5 Å². The van der Waals surface area contributed by atoms with Gasteiger partial charge < -0.3 is 14.8 Å². The third-order valence-electron chi connectivity index (χ3n) is 3.89. The summed E-state index contributed by atoms with van der Waals surface area (Å²) in [6, 6.07) is 10.5. The molecule has 0 aliphatic rings. The van der Waals surface area contributed by atoms with E-state index in [9.17, 15) is 22.8 Å². The predicted molar refractivity (Wildman–Crippen MR) is 101 cm³/mol. The van der Waals surface area contributed by atoms with Gasteiger partial charge in [0.15, 0.2) is 0 Å². The molecule has 0 aliphatic heterocycles. The molecule has 0 heterocycles. The molecule has 0 saturated carbocycles. The van der Waals surface area contributed by atoms with Gasteiger partial charge in [0.2, 0.25) is 5.91 Å². The fraction of sp³-hybridized carbons (Fsp3) is 0.238. The predicted octanol–water partition coefficient (Wildman–Crippen LogP) is 3.98. The van der Waals surface area contributed by atoms with Crippen molar-refractivity contribution < 1.29 is 32.2 Å². The number of alkyl halides is 3. The molecule has 0 aromatic heterocycles. The number of esters is 1. The van der Waals surface area contributed by atoms with Crippen LogP contribution in [-0.4, -0.2) is 25.0 Å². The van der Waals surface area contributed by atoms with E-state index < -0.39 is 29.7 Å². The van der Waals surface area contributed by atoms with Crippen molar-refractivity contribution in [1.29, 1.82) is 0 Å². The molecule has 1 N–H and O–H groups in total. The van der Waals surface area contributed by atoms with E-state index in [4.69, 9.17) is 9.47 Å². The molecule has 2 aromatic carbocycles. The normalized spacial score (nSPS) is 12.4. The van der Waals surface area contributed by atoms with Gasteiger partial charge in [-0.1, -0.05) is 24.3 Å². The average Bonchev–Trinajstić information content (AvgIpc) is 2.70. The molecule has 0 radical (unpaired) electrons. The second-order valence-electron chi connectivity index (χ2n) is 6.14. The number of hydrogen-bond acceptors (Lipinski definition) is 4. The van der Waals surface area contributed by atoms with Crippen molar-refractivity contribution in [3.8, 4) is 5.75 Å². The van der Waals surface area contributed by atoms with Crippen LogP contribution in [0.1, 0.15) is 23.6 Å². The van der Waals surface area contributed by atoms with E-state index in [2.05, 4.69) is 5.32 Å². The number of amides is 1. The van der Waals surface area contributed by atoms with Gasteiger partial charge in [-0.3, -0.25) is 4.79 Å². The van der Waals surface area contributed by atoms with E-state index in [0.717, 1.165) is 17.7 Å². The lowest BCUT2D eigenvalue weighted by atomic mass is 10.1. The Balaban J connectivity index is 1.85.